The fourth-order valence-corrected chi connectivity index (χ4v) is 4.56. The van der Waals surface area contributed by atoms with E-state index in [2.05, 4.69) is 10.0 Å². The van der Waals surface area contributed by atoms with E-state index in [0.717, 1.165) is 30.0 Å². The molecule has 1 aromatic carbocycles. The quantitative estimate of drug-likeness (QED) is 0.909. The Morgan fingerprint density at radius 1 is 1.33 bits per heavy atom. The Morgan fingerprint density at radius 3 is 2.95 bits per heavy atom. The van der Waals surface area contributed by atoms with E-state index in [1.807, 2.05) is 30.5 Å². The van der Waals surface area contributed by atoms with Crippen LogP contribution in [0.15, 0.2) is 40.6 Å². The predicted molar refractivity (Wildman–Crippen MR) is 86.3 cm³/mol. The van der Waals surface area contributed by atoms with Crippen molar-refractivity contribution >= 4 is 27.0 Å². The summed E-state index contributed by atoms with van der Waals surface area (Å²) in [5, 5.41) is 5.21. The minimum absolute atomic E-state index is 0.223. The topological polar surface area (TPSA) is 58.2 Å². The van der Waals surface area contributed by atoms with E-state index < -0.39 is 10.0 Å². The van der Waals surface area contributed by atoms with Gasteiger partial charge in [-0.3, -0.25) is 0 Å². The van der Waals surface area contributed by atoms with Gasteiger partial charge < -0.3 is 5.32 Å². The van der Waals surface area contributed by atoms with Crippen LogP contribution in [0, 0.1) is 0 Å². The second-order valence-corrected chi connectivity index (χ2v) is 7.90. The minimum Gasteiger partial charge on any atom is -0.385 e. The number of fused-ring (bicyclic) bond motifs is 1. The maximum absolute atomic E-state index is 12.5. The number of thiophene rings is 1. The first-order valence-electron chi connectivity index (χ1n) is 6.99. The summed E-state index contributed by atoms with van der Waals surface area (Å²) < 4.78 is 27.7. The molecule has 6 heteroatoms. The summed E-state index contributed by atoms with van der Waals surface area (Å²) in [7, 11) is -3.50. The molecule has 2 aromatic rings. The molecule has 112 valence electrons. The number of sulfonamides is 1. The maximum Gasteiger partial charge on any atom is 0.241 e. The lowest BCUT2D eigenvalue weighted by Gasteiger charge is -2.19. The van der Waals surface area contributed by atoms with E-state index in [1.165, 1.54) is 5.56 Å². The zero-order valence-corrected chi connectivity index (χ0v) is 13.4. The molecule has 4 nitrogen and oxygen atoms in total. The first-order valence-corrected chi connectivity index (χ1v) is 9.35. The van der Waals surface area contributed by atoms with Crippen molar-refractivity contribution in [2.45, 2.75) is 30.7 Å². The Kier molecular flexibility index (Phi) is 4.01. The summed E-state index contributed by atoms with van der Waals surface area (Å²) in [6.45, 7) is 2.76. The lowest BCUT2D eigenvalue weighted by atomic mass is 10.0. The Labute approximate surface area is 129 Å². The Balaban J connectivity index is 1.84. The van der Waals surface area contributed by atoms with Crippen LogP contribution in [-0.2, 0) is 16.4 Å². The van der Waals surface area contributed by atoms with Crippen LogP contribution < -0.4 is 10.0 Å². The van der Waals surface area contributed by atoms with E-state index >= 15 is 0 Å². The largest absolute Gasteiger partial charge is 0.385 e. The molecule has 1 aliphatic heterocycles. The molecule has 1 unspecified atom stereocenters. The SMILES string of the molecule is CC(NS(=O)(=O)c1ccc2c(c1)NCCC2)c1cccs1. The second kappa shape index (κ2) is 5.79. The molecule has 0 bridgehead atoms. The van der Waals surface area contributed by atoms with E-state index in [-0.39, 0.29) is 6.04 Å². The Hall–Kier alpha value is -1.37. The minimum atomic E-state index is -3.50. The molecule has 0 fully saturated rings. The summed E-state index contributed by atoms with van der Waals surface area (Å²) in [4.78, 5) is 1.33. The van der Waals surface area contributed by atoms with Crippen molar-refractivity contribution in [3.8, 4) is 0 Å². The molecule has 0 spiro atoms. The monoisotopic (exact) mass is 322 g/mol. The van der Waals surface area contributed by atoms with E-state index in [0.29, 0.717) is 4.90 Å². The zero-order valence-electron chi connectivity index (χ0n) is 11.8. The Bertz CT molecular complexity index is 724. The number of hydrogen-bond acceptors (Lipinski definition) is 4. The average Bonchev–Trinajstić information content (AvgIpc) is 3.00. The van der Waals surface area contributed by atoms with Crippen LogP contribution in [0.5, 0.6) is 0 Å². The van der Waals surface area contributed by atoms with Crippen LogP contribution in [0.4, 0.5) is 5.69 Å². The highest BCUT2D eigenvalue weighted by Gasteiger charge is 2.20. The molecule has 1 aliphatic rings. The smallest absolute Gasteiger partial charge is 0.241 e. The Morgan fingerprint density at radius 2 is 2.19 bits per heavy atom. The lowest BCUT2D eigenvalue weighted by molar-refractivity contribution is 0.568. The first kappa shape index (κ1) is 14.6. The van der Waals surface area contributed by atoms with Crippen LogP contribution in [0.25, 0.3) is 0 Å². The third-order valence-corrected chi connectivity index (χ3v) is 6.23. The van der Waals surface area contributed by atoms with Crippen LogP contribution in [-0.4, -0.2) is 15.0 Å². The van der Waals surface area contributed by atoms with Gasteiger partial charge in [-0.2, -0.15) is 0 Å². The number of anilines is 1. The summed E-state index contributed by atoms with van der Waals surface area (Å²) in [5.74, 6) is 0. The molecule has 0 radical (unpaired) electrons. The van der Waals surface area contributed by atoms with Gasteiger partial charge in [0.2, 0.25) is 10.0 Å². The van der Waals surface area contributed by atoms with E-state index in [4.69, 9.17) is 0 Å². The van der Waals surface area contributed by atoms with E-state index in [9.17, 15) is 8.42 Å². The van der Waals surface area contributed by atoms with Crippen molar-refractivity contribution in [2.24, 2.45) is 0 Å². The highest BCUT2D eigenvalue weighted by molar-refractivity contribution is 7.89. The summed E-state index contributed by atoms with van der Waals surface area (Å²) >= 11 is 1.55. The van der Waals surface area contributed by atoms with Crippen LogP contribution in [0.3, 0.4) is 0 Å². The van der Waals surface area contributed by atoms with Gasteiger partial charge in [0, 0.05) is 17.1 Å². The average molecular weight is 322 g/mol. The van der Waals surface area contributed by atoms with Crippen LogP contribution >= 0.6 is 11.3 Å². The molecule has 21 heavy (non-hydrogen) atoms. The standard InChI is InChI=1S/C15H18N2O2S2/c1-11(15-5-3-9-20-15)17-21(18,19)13-7-6-12-4-2-8-16-14(12)10-13/h3,5-7,9-11,16-17H,2,4,8H2,1H3. The number of rotatable bonds is 4. The highest BCUT2D eigenvalue weighted by atomic mass is 32.2. The molecular weight excluding hydrogens is 304 g/mol. The van der Waals surface area contributed by atoms with Gasteiger partial charge in [0.25, 0.3) is 0 Å². The third-order valence-electron chi connectivity index (χ3n) is 3.63. The number of hydrogen-bond donors (Lipinski definition) is 2. The number of benzene rings is 1. The van der Waals surface area contributed by atoms with Crippen molar-refractivity contribution in [1.29, 1.82) is 0 Å². The van der Waals surface area contributed by atoms with Crippen molar-refractivity contribution in [2.75, 3.05) is 11.9 Å². The van der Waals surface area contributed by atoms with Gasteiger partial charge >= 0.3 is 0 Å². The van der Waals surface area contributed by atoms with Gasteiger partial charge in [-0.05, 0) is 48.9 Å². The first-order chi connectivity index (χ1) is 10.1. The van der Waals surface area contributed by atoms with Gasteiger partial charge in [0.15, 0.2) is 0 Å². The van der Waals surface area contributed by atoms with Gasteiger partial charge in [-0.1, -0.05) is 12.1 Å². The number of aryl methyl sites for hydroxylation is 1. The van der Waals surface area contributed by atoms with Gasteiger partial charge in [0.1, 0.15) is 0 Å². The second-order valence-electron chi connectivity index (χ2n) is 5.21. The summed E-state index contributed by atoms with van der Waals surface area (Å²) in [6, 6.07) is 8.97. The van der Waals surface area contributed by atoms with Crippen molar-refractivity contribution in [3.63, 3.8) is 0 Å². The molecule has 1 aromatic heterocycles. The summed E-state index contributed by atoms with van der Waals surface area (Å²) in [5.41, 5.74) is 2.12. The van der Waals surface area contributed by atoms with Gasteiger partial charge in [0.05, 0.1) is 10.9 Å². The van der Waals surface area contributed by atoms with Crippen molar-refractivity contribution in [3.05, 3.63) is 46.2 Å². The fraction of sp³-hybridized carbons (Fsp3) is 0.333. The molecule has 0 saturated heterocycles. The molecule has 3 rings (SSSR count). The zero-order chi connectivity index (χ0) is 14.9. The molecule has 0 aliphatic carbocycles. The van der Waals surface area contributed by atoms with Crippen LogP contribution in [0.2, 0.25) is 0 Å². The fourth-order valence-electron chi connectivity index (χ4n) is 2.50. The molecule has 2 N–H and O–H groups in total. The molecule has 2 heterocycles. The normalized spacial score (nSPS) is 16.0. The molecule has 0 amide bonds. The summed E-state index contributed by atoms with van der Waals surface area (Å²) in [6.07, 6.45) is 2.09. The van der Waals surface area contributed by atoms with Gasteiger partial charge in [-0.15, -0.1) is 11.3 Å². The van der Waals surface area contributed by atoms with Crippen LogP contribution in [0.1, 0.15) is 29.8 Å². The lowest BCUT2D eigenvalue weighted by Crippen LogP contribution is -2.26. The van der Waals surface area contributed by atoms with Crippen molar-refractivity contribution < 1.29 is 8.42 Å². The molecule has 0 saturated carbocycles. The third kappa shape index (κ3) is 3.12. The number of nitrogens with one attached hydrogen (secondary N) is 2. The van der Waals surface area contributed by atoms with Crippen molar-refractivity contribution in [1.82, 2.24) is 4.72 Å². The molecular formula is C15H18N2O2S2. The predicted octanol–water partition coefficient (Wildman–Crippen LogP) is 3.15. The maximum atomic E-state index is 12.5. The molecule has 1 atom stereocenters. The highest BCUT2D eigenvalue weighted by Crippen LogP contribution is 2.26. The van der Waals surface area contributed by atoms with E-state index in [1.54, 1.807) is 23.5 Å². The van der Waals surface area contributed by atoms with Gasteiger partial charge in [-0.25, -0.2) is 13.1 Å².